The number of benzene rings is 1. The highest BCUT2D eigenvalue weighted by Gasteiger charge is 2.38. The minimum absolute atomic E-state index is 0.133. The number of hydrogen-bond donors (Lipinski definition) is 0. The second kappa shape index (κ2) is 6.40. The molecular formula is C18H18ClN3O2. The third kappa shape index (κ3) is 2.96. The molecule has 1 atom stereocenters. The van der Waals surface area contributed by atoms with Gasteiger partial charge in [0, 0.05) is 29.6 Å². The van der Waals surface area contributed by atoms with Crippen LogP contribution in [0.1, 0.15) is 31.1 Å². The Morgan fingerprint density at radius 1 is 1.29 bits per heavy atom. The van der Waals surface area contributed by atoms with E-state index in [2.05, 4.69) is 22.3 Å². The molecule has 1 fully saturated rings. The van der Waals surface area contributed by atoms with Crippen molar-refractivity contribution in [2.75, 3.05) is 13.1 Å². The summed E-state index contributed by atoms with van der Waals surface area (Å²) in [5.74, 6) is 1.66. The Balaban J connectivity index is 1.39. The first-order valence-corrected chi connectivity index (χ1v) is 8.62. The average Bonchev–Trinajstić information content (AvgIpc) is 3.04. The van der Waals surface area contributed by atoms with Gasteiger partial charge in [0.2, 0.25) is 17.6 Å². The Hall–Kier alpha value is -2.14. The van der Waals surface area contributed by atoms with Gasteiger partial charge in [-0.1, -0.05) is 41.0 Å². The molecule has 1 aromatic carbocycles. The van der Waals surface area contributed by atoms with Crippen LogP contribution in [0.3, 0.4) is 0 Å². The molecule has 1 aliphatic carbocycles. The number of carbonyl (C=O) groups excluding carboxylic acids is 1. The van der Waals surface area contributed by atoms with E-state index in [1.165, 1.54) is 0 Å². The summed E-state index contributed by atoms with van der Waals surface area (Å²) in [5.41, 5.74) is 0.832. The van der Waals surface area contributed by atoms with Gasteiger partial charge in [-0.2, -0.15) is 4.98 Å². The molecule has 4 rings (SSSR count). The van der Waals surface area contributed by atoms with Crippen LogP contribution in [-0.4, -0.2) is 34.0 Å². The summed E-state index contributed by atoms with van der Waals surface area (Å²) < 4.78 is 5.38. The minimum atomic E-state index is 0.133. The van der Waals surface area contributed by atoms with Crippen LogP contribution in [0.2, 0.25) is 5.02 Å². The van der Waals surface area contributed by atoms with Crippen molar-refractivity contribution >= 4 is 17.5 Å². The number of amides is 1. The zero-order chi connectivity index (χ0) is 16.5. The number of carbonyl (C=O) groups is 1. The van der Waals surface area contributed by atoms with Gasteiger partial charge in [0.05, 0.1) is 5.92 Å². The number of aromatic nitrogens is 2. The molecule has 1 amide bonds. The molecule has 1 aromatic heterocycles. The average molecular weight is 344 g/mol. The molecule has 0 radical (unpaired) electrons. The van der Waals surface area contributed by atoms with E-state index in [-0.39, 0.29) is 17.7 Å². The van der Waals surface area contributed by atoms with Crippen molar-refractivity contribution in [1.29, 1.82) is 0 Å². The fraction of sp³-hybridized carbons (Fsp3) is 0.389. The van der Waals surface area contributed by atoms with Gasteiger partial charge in [-0.25, -0.2) is 0 Å². The SMILES string of the molecule is O=C(C1CC=CCC1)N1CC(c2nc(-c3cccc(Cl)c3)no2)C1. The molecule has 0 spiro atoms. The first-order chi connectivity index (χ1) is 11.7. The zero-order valence-electron chi connectivity index (χ0n) is 13.2. The molecule has 124 valence electrons. The van der Waals surface area contributed by atoms with Gasteiger partial charge in [-0.15, -0.1) is 0 Å². The number of halogens is 1. The highest BCUT2D eigenvalue weighted by atomic mass is 35.5. The molecular weight excluding hydrogens is 326 g/mol. The summed E-state index contributed by atoms with van der Waals surface area (Å²) in [5, 5.41) is 4.67. The van der Waals surface area contributed by atoms with Crippen molar-refractivity contribution in [3.63, 3.8) is 0 Å². The number of nitrogens with zero attached hydrogens (tertiary/aromatic N) is 3. The maximum absolute atomic E-state index is 12.4. The van der Waals surface area contributed by atoms with Crippen molar-refractivity contribution in [3.05, 3.63) is 47.3 Å². The lowest BCUT2D eigenvalue weighted by atomic mass is 9.90. The molecule has 1 saturated heterocycles. The first kappa shape index (κ1) is 15.4. The molecule has 1 aliphatic heterocycles. The van der Waals surface area contributed by atoms with Crippen molar-refractivity contribution in [1.82, 2.24) is 15.0 Å². The van der Waals surface area contributed by atoms with E-state index < -0.39 is 0 Å². The van der Waals surface area contributed by atoms with Gasteiger partial charge in [0.25, 0.3) is 0 Å². The highest BCUT2D eigenvalue weighted by Crippen LogP contribution is 2.31. The second-order valence-electron chi connectivity index (χ2n) is 6.39. The molecule has 2 aliphatic rings. The molecule has 2 heterocycles. The Morgan fingerprint density at radius 3 is 2.92 bits per heavy atom. The smallest absolute Gasteiger partial charge is 0.233 e. The van der Waals surface area contributed by atoms with E-state index in [1.807, 2.05) is 29.2 Å². The largest absolute Gasteiger partial charge is 0.341 e. The highest BCUT2D eigenvalue weighted by molar-refractivity contribution is 6.30. The quantitative estimate of drug-likeness (QED) is 0.798. The Morgan fingerprint density at radius 2 is 2.17 bits per heavy atom. The van der Waals surface area contributed by atoms with Crippen LogP contribution < -0.4 is 0 Å². The van der Waals surface area contributed by atoms with E-state index in [1.54, 1.807) is 0 Å². The van der Waals surface area contributed by atoms with Crippen LogP contribution >= 0.6 is 11.6 Å². The van der Waals surface area contributed by atoms with Gasteiger partial charge in [-0.3, -0.25) is 4.79 Å². The predicted octanol–water partition coefficient (Wildman–Crippen LogP) is 3.67. The van der Waals surface area contributed by atoms with Gasteiger partial charge in [0.1, 0.15) is 0 Å². The van der Waals surface area contributed by atoms with E-state index >= 15 is 0 Å². The Kier molecular flexibility index (Phi) is 4.10. The standard InChI is InChI=1S/C18H18ClN3O2/c19-15-8-4-7-13(9-15)16-20-17(24-21-16)14-10-22(11-14)18(23)12-5-2-1-3-6-12/h1-2,4,7-9,12,14H,3,5-6,10-11H2. The number of rotatable bonds is 3. The fourth-order valence-electron chi connectivity index (χ4n) is 3.24. The zero-order valence-corrected chi connectivity index (χ0v) is 13.9. The van der Waals surface area contributed by atoms with Crippen LogP contribution in [0.25, 0.3) is 11.4 Å². The summed E-state index contributed by atoms with van der Waals surface area (Å²) >= 11 is 6.00. The van der Waals surface area contributed by atoms with Gasteiger partial charge in [-0.05, 0) is 31.4 Å². The van der Waals surface area contributed by atoms with Crippen molar-refractivity contribution in [3.8, 4) is 11.4 Å². The molecule has 24 heavy (non-hydrogen) atoms. The summed E-state index contributed by atoms with van der Waals surface area (Å²) in [6.07, 6.45) is 7.08. The molecule has 5 nitrogen and oxygen atoms in total. The van der Waals surface area contributed by atoms with Crippen molar-refractivity contribution in [2.24, 2.45) is 5.92 Å². The monoisotopic (exact) mass is 343 g/mol. The van der Waals surface area contributed by atoms with Crippen molar-refractivity contribution < 1.29 is 9.32 Å². The molecule has 6 heteroatoms. The van der Waals surface area contributed by atoms with Gasteiger partial charge < -0.3 is 9.42 Å². The topological polar surface area (TPSA) is 59.2 Å². The Labute approximate surface area is 145 Å². The maximum atomic E-state index is 12.4. The van der Waals surface area contributed by atoms with E-state index in [0.29, 0.717) is 29.8 Å². The van der Waals surface area contributed by atoms with E-state index in [9.17, 15) is 4.79 Å². The summed E-state index contributed by atoms with van der Waals surface area (Å²) in [6.45, 7) is 1.33. The van der Waals surface area contributed by atoms with Gasteiger partial charge >= 0.3 is 0 Å². The maximum Gasteiger partial charge on any atom is 0.233 e. The molecule has 2 aromatic rings. The summed E-state index contributed by atoms with van der Waals surface area (Å²) in [7, 11) is 0. The van der Waals surface area contributed by atoms with Crippen LogP contribution in [0, 0.1) is 5.92 Å². The summed E-state index contributed by atoms with van der Waals surface area (Å²) in [6, 6.07) is 7.37. The number of hydrogen-bond acceptors (Lipinski definition) is 4. The molecule has 0 bridgehead atoms. The number of likely N-dealkylation sites (tertiary alicyclic amines) is 1. The third-order valence-electron chi connectivity index (χ3n) is 4.69. The normalized spacial score (nSPS) is 20.9. The lowest BCUT2D eigenvalue weighted by molar-refractivity contribution is -0.140. The molecule has 1 unspecified atom stereocenters. The van der Waals surface area contributed by atoms with Crippen molar-refractivity contribution in [2.45, 2.75) is 25.2 Å². The lowest BCUT2D eigenvalue weighted by Gasteiger charge is -2.39. The third-order valence-corrected chi connectivity index (χ3v) is 4.92. The number of allylic oxidation sites excluding steroid dienone is 2. The van der Waals surface area contributed by atoms with E-state index in [4.69, 9.17) is 16.1 Å². The van der Waals surface area contributed by atoms with Gasteiger partial charge in [0.15, 0.2) is 0 Å². The van der Waals surface area contributed by atoms with Crippen LogP contribution in [0.4, 0.5) is 0 Å². The fourth-order valence-corrected chi connectivity index (χ4v) is 3.43. The predicted molar refractivity (Wildman–Crippen MR) is 90.5 cm³/mol. The lowest BCUT2D eigenvalue weighted by Crippen LogP contribution is -2.50. The molecule has 0 saturated carbocycles. The van der Waals surface area contributed by atoms with Crippen LogP contribution in [-0.2, 0) is 4.79 Å². The Bertz CT molecular complexity index is 780. The summed E-state index contributed by atoms with van der Waals surface area (Å²) in [4.78, 5) is 18.8. The van der Waals surface area contributed by atoms with E-state index in [0.717, 1.165) is 24.8 Å². The van der Waals surface area contributed by atoms with Crippen LogP contribution in [0.5, 0.6) is 0 Å². The minimum Gasteiger partial charge on any atom is -0.341 e. The molecule has 0 N–H and O–H groups in total. The van der Waals surface area contributed by atoms with Crippen LogP contribution in [0.15, 0.2) is 40.9 Å². The second-order valence-corrected chi connectivity index (χ2v) is 6.82. The first-order valence-electron chi connectivity index (χ1n) is 8.24.